The van der Waals surface area contributed by atoms with Crippen LogP contribution in [0.1, 0.15) is 12.5 Å². The quantitative estimate of drug-likeness (QED) is 0.725. The molecule has 1 aliphatic rings. The normalized spacial score (nSPS) is 15.3. The maximum Gasteiger partial charge on any atom is 0.271 e. The summed E-state index contributed by atoms with van der Waals surface area (Å²) in [5.74, 6) is 1.02. The second-order valence-corrected chi connectivity index (χ2v) is 6.95. The molecule has 7 heteroatoms. The Hall–Kier alpha value is -3.06. The second kappa shape index (κ2) is 9.43. The van der Waals surface area contributed by atoms with Crippen molar-refractivity contribution in [2.24, 2.45) is 0 Å². The number of hydrogen-bond donors (Lipinski definition) is 1. The molecule has 0 saturated carbocycles. The van der Waals surface area contributed by atoms with Gasteiger partial charge in [-0.3, -0.25) is 14.2 Å². The Morgan fingerprint density at radius 2 is 1.83 bits per heavy atom. The van der Waals surface area contributed by atoms with Gasteiger partial charge < -0.3 is 19.3 Å². The molecule has 1 saturated heterocycles. The largest absolute Gasteiger partial charge is 0.493 e. The second-order valence-electron chi connectivity index (χ2n) is 6.95. The lowest BCUT2D eigenvalue weighted by Crippen LogP contribution is -3.14. The number of carbonyl (C=O) groups is 1. The van der Waals surface area contributed by atoms with Gasteiger partial charge in [-0.2, -0.15) is 0 Å². The van der Waals surface area contributed by atoms with E-state index in [-0.39, 0.29) is 11.5 Å². The molecular formula is C22H28N3O4+. The van der Waals surface area contributed by atoms with E-state index in [1.807, 2.05) is 11.0 Å². The summed E-state index contributed by atoms with van der Waals surface area (Å²) in [6.07, 6.45) is 3.35. The standard InChI is InChI=1S/C22H27N3O4/c1-4-23-11-13-24(14-12-23)22(27)18(25-10-6-5-7-21(25)26)15-17-8-9-19(28-2)20(16-17)29-3/h5-10,15-16H,4,11-14H2,1-3H3/p+1/b18-15+. The third kappa shape index (κ3) is 4.68. The number of methoxy groups -OCH3 is 2. The van der Waals surface area contributed by atoms with Gasteiger partial charge in [0.25, 0.3) is 11.5 Å². The van der Waals surface area contributed by atoms with Crippen LogP contribution in [0.4, 0.5) is 0 Å². The molecule has 7 nitrogen and oxygen atoms in total. The Labute approximate surface area is 170 Å². The zero-order valence-corrected chi connectivity index (χ0v) is 17.2. The molecule has 2 heterocycles. The molecular weight excluding hydrogens is 370 g/mol. The summed E-state index contributed by atoms with van der Waals surface area (Å²) >= 11 is 0. The molecule has 3 rings (SSSR count). The molecule has 0 unspecified atom stereocenters. The summed E-state index contributed by atoms with van der Waals surface area (Å²) in [6.45, 7) is 6.37. The van der Waals surface area contributed by atoms with Crippen LogP contribution in [0.2, 0.25) is 0 Å². The van der Waals surface area contributed by atoms with Crippen LogP contribution in [0, 0.1) is 0 Å². The van der Waals surface area contributed by atoms with E-state index in [4.69, 9.17) is 9.47 Å². The zero-order chi connectivity index (χ0) is 20.8. The minimum Gasteiger partial charge on any atom is -0.493 e. The van der Waals surface area contributed by atoms with Gasteiger partial charge in [0.05, 0.1) is 46.9 Å². The van der Waals surface area contributed by atoms with Gasteiger partial charge in [-0.05, 0) is 36.8 Å². The molecule has 0 radical (unpaired) electrons. The minimum absolute atomic E-state index is 0.150. The number of benzene rings is 1. The predicted octanol–water partition coefficient (Wildman–Crippen LogP) is 0.611. The molecule has 2 aromatic rings. The summed E-state index contributed by atoms with van der Waals surface area (Å²) in [5.41, 5.74) is 0.827. The zero-order valence-electron chi connectivity index (χ0n) is 17.2. The van der Waals surface area contributed by atoms with Crippen LogP contribution >= 0.6 is 0 Å². The highest BCUT2D eigenvalue weighted by atomic mass is 16.5. The van der Waals surface area contributed by atoms with Crippen molar-refractivity contribution >= 4 is 17.7 Å². The lowest BCUT2D eigenvalue weighted by Gasteiger charge is -2.32. The van der Waals surface area contributed by atoms with Crippen molar-refractivity contribution in [1.29, 1.82) is 0 Å². The highest BCUT2D eigenvalue weighted by Gasteiger charge is 2.26. The molecule has 1 N–H and O–H groups in total. The molecule has 0 bridgehead atoms. The lowest BCUT2D eigenvalue weighted by molar-refractivity contribution is -0.902. The summed E-state index contributed by atoms with van der Waals surface area (Å²) < 4.78 is 12.1. The monoisotopic (exact) mass is 398 g/mol. The first-order valence-corrected chi connectivity index (χ1v) is 9.82. The Bertz CT molecular complexity index is 943. The topological polar surface area (TPSA) is 65.2 Å². The van der Waals surface area contributed by atoms with E-state index < -0.39 is 0 Å². The third-order valence-electron chi connectivity index (χ3n) is 5.27. The number of amides is 1. The van der Waals surface area contributed by atoms with Crippen molar-refractivity contribution in [2.45, 2.75) is 6.92 Å². The summed E-state index contributed by atoms with van der Waals surface area (Å²) in [7, 11) is 3.14. The highest BCUT2D eigenvalue weighted by molar-refractivity contribution is 6.18. The van der Waals surface area contributed by atoms with Gasteiger partial charge in [0.15, 0.2) is 11.5 Å². The number of piperazine rings is 1. The van der Waals surface area contributed by atoms with Gasteiger partial charge in [0, 0.05) is 12.3 Å². The highest BCUT2D eigenvalue weighted by Crippen LogP contribution is 2.29. The van der Waals surface area contributed by atoms with Crippen molar-refractivity contribution < 1.29 is 19.2 Å². The smallest absolute Gasteiger partial charge is 0.271 e. The van der Waals surface area contributed by atoms with Crippen LogP contribution < -0.4 is 19.9 Å². The first-order chi connectivity index (χ1) is 14.1. The number of hydrogen-bond acceptors (Lipinski definition) is 4. The van der Waals surface area contributed by atoms with Gasteiger partial charge in [0.2, 0.25) is 0 Å². The number of aromatic nitrogens is 1. The van der Waals surface area contributed by atoms with Crippen molar-refractivity contribution in [3.05, 3.63) is 58.5 Å². The van der Waals surface area contributed by atoms with E-state index >= 15 is 0 Å². The van der Waals surface area contributed by atoms with E-state index in [2.05, 4.69) is 6.92 Å². The summed E-state index contributed by atoms with van der Waals surface area (Å²) in [6, 6.07) is 10.3. The number of nitrogens with one attached hydrogen (secondary N) is 1. The van der Waals surface area contributed by atoms with Gasteiger partial charge >= 0.3 is 0 Å². The van der Waals surface area contributed by atoms with Crippen LogP contribution in [0.15, 0.2) is 47.4 Å². The molecule has 1 aliphatic heterocycles. The van der Waals surface area contributed by atoms with Gasteiger partial charge in [-0.1, -0.05) is 12.1 Å². The van der Waals surface area contributed by atoms with Crippen molar-refractivity contribution in [3.63, 3.8) is 0 Å². The lowest BCUT2D eigenvalue weighted by atomic mass is 10.1. The van der Waals surface area contributed by atoms with Gasteiger partial charge in [0.1, 0.15) is 5.70 Å². The molecule has 0 aliphatic carbocycles. The number of rotatable bonds is 6. The number of quaternary nitrogens is 1. The maximum atomic E-state index is 13.4. The van der Waals surface area contributed by atoms with Crippen LogP contribution in [0.25, 0.3) is 11.8 Å². The SMILES string of the molecule is CC[NH+]1CCN(C(=O)/C(=C\c2ccc(OC)c(OC)c2)n2ccccc2=O)CC1. The number of carbonyl (C=O) groups excluding carboxylic acids is 1. The Morgan fingerprint density at radius 1 is 1.10 bits per heavy atom. The van der Waals surface area contributed by atoms with Crippen LogP contribution in [-0.2, 0) is 4.79 Å². The van der Waals surface area contributed by atoms with Crippen LogP contribution in [-0.4, -0.2) is 62.3 Å². The van der Waals surface area contributed by atoms with Crippen molar-refractivity contribution in [1.82, 2.24) is 9.47 Å². The van der Waals surface area contributed by atoms with Crippen molar-refractivity contribution in [2.75, 3.05) is 46.9 Å². The molecule has 0 spiro atoms. The molecule has 1 fully saturated rings. The fraction of sp³-hybridized carbons (Fsp3) is 0.364. The molecule has 29 heavy (non-hydrogen) atoms. The first-order valence-electron chi connectivity index (χ1n) is 9.82. The van der Waals surface area contributed by atoms with E-state index in [1.54, 1.807) is 50.8 Å². The van der Waals surface area contributed by atoms with Gasteiger partial charge in [-0.15, -0.1) is 0 Å². The van der Waals surface area contributed by atoms with Crippen molar-refractivity contribution in [3.8, 4) is 11.5 Å². The first kappa shape index (κ1) is 20.7. The van der Waals surface area contributed by atoms with Gasteiger partial charge in [-0.25, -0.2) is 0 Å². The van der Waals surface area contributed by atoms with E-state index in [9.17, 15) is 9.59 Å². The summed E-state index contributed by atoms with van der Waals surface area (Å²) in [4.78, 5) is 29.1. The average molecular weight is 398 g/mol. The molecule has 154 valence electrons. The average Bonchev–Trinajstić information content (AvgIpc) is 2.77. The summed E-state index contributed by atoms with van der Waals surface area (Å²) in [5, 5.41) is 0. The molecule has 1 aromatic carbocycles. The van der Waals surface area contributed by atoms with E-state index in [1.165, 1.54) is 15.5 Å². The number of likely N-dealkylation sites (N-methyl/N-ethyl adjacent to an activating group) is 1. The predicted molar refractivity (Wildman–Crippen MR) is 112 cm³/mol. The van der Waals surface area contributed by atoms with Crippen LogP contribution in [0.3, 0.4) is 0 Å². The number of nitrogens with zero attached hydrogens (tertiary/aromatic N) is 2. The molecule has 1 amide bonds. The molecule has 0 atom stereocenters. The minimum atomic E-state index is -0.245. The van der Waals surface area contributed by atoms with Crippen LogP contribution in [0.5, 0.6) is 11.5 Å². The maximum absolute atomic E-state index is 13.4. The number of ether oxygens (including phenoxy) is 2. The number of pyridine rings is 1. The fourth-order valence-electron chi connectivity index (χ4n) is 3.50. The fourth-order valence-corrected chi connectivity index (χ4v) is 3.50. The third-order valence-corrected chi connectivity index (χ3v) is 5.27. The Kier molecular flexibility index (Phi) is 6.72. The Morgan fingerprint density at radius 3 is 2.45 bits per heavy atom. The van der Waals surface area contributed by atoms with E-state index in [0.29, 0.717) is 30.3 Å². The molecule has 1 aromatic heterocycles. The Balaban J connectivity index is 2.00. The van der Waals surface area contributed by atoms with E-state index in [0.717, 1.165) is 25.2 Å².